The monoisotopic (exact) mass is 444 g/mol. The van der Waals surface area contributed by atoms with Crippen LogP contribution in [0.1, 0.15) is 16.6 Å². The van der Waals surface area contributed by atoms with Crippen LogP contribution in [0.5, 0.6) is 0 Å². The lowest BCUT2D eigenvalue weighted by Crippen LogP contribution is -2.10. The maximum atomic E-state index is 12.4. The van der Waals surface area contributed by atoms with E-state index in [0.29, 0.717) is 11.4 Å². The van der Waals surface area contributed by atoms with E-state index in [2.05, 4.69) is 20.6 Å². The molecule has 0 aromatic carbocycles. The van der Waals surface area contributed by atoms with Crippen molar-refractivity contribution < 1.29 is 9.72 Å². The standard InChI is InChI=1S/C14H10Cl2N6O3S2/c1-2-21-6-11(19-20-21)18-13(23)10-3-9(22(24)25)14(26-10)27-12-7(15)4-17-5-8(12)16/h3-6H,2H2,1H3,(H,18,23). The van der Waals surface area contributed by atoms with E-state index in [1.807, 2.05) is 6.92 Å². The highest BCUT2D eigenvalue weighted by atomic mass is 35.5. The first-order valence-corrected chi connectivity index (χ1v) is 9.74. The summed E-state index contributed by atoms with van der Waals surface area (Å²) in [5, 5.41) is 22.1. The molecule has 0 radical (unpaired) electrons. The highest BCUT2D eigenvalue weighted by Gasteiger charge is 2.25. The summed E-state index contributed by atoms with van der Waals surface area (Å²) in [6.07, 6.45) is 4.34. The van der Waals surface area contributed by atoms with Gasteiger partial charge >= 0.3 is 0 Å². The molecule has 0 spiro atoms. The lowest BCUT2D eigenvalue weighted by molar-refractivity contribution is -0.387. The van der Waals surface area contributed by atoms with E-state index in [4.69, 9.17) is 23.2 Å². The van der Waals surface area contributed by atoms with Crippen LogP contribution in [-0.2, 0) is 6.54 Å². The molecule has 3 aromatic rings. The van der Waals surface area contributed by atoms with E-state index >= 15 is 0 Å². The molecule has 9 nitrogen and oxygen atoms in total. The van der Waals surface area contributed by atoms with Crippen molar-refractivity contribution in [3.05, 3.63) is 49.7 Å². The van der Waals surface area contributed by atoms with Gasteiger partial charge in [0.15, 0.2) is 5.82 Å². The number of pyridine rings is 1. The molecule has 1 amide bonds. The third kappa shape index (κ3) is 4.38. The Labute approximate surface area is 170 Å². The zero-order valence-corrected chi connectivity index (χ0v) is 16.7. The maximum absolute atomic E-state index is 12.4. The Hall–Kier alpha value is -2.21. The predicted molar refractivity (Wildman–Crippen MR) is 103 cm³/mol. The third-order valence-corrected chi connectivity index (χ3v) is 6.46. The van der Waals surface area contributed by atoms with Crippen LogP contribution in [0.25, 0.3) is 0 Å². The van der Waals surface area contributed by atoms with Gasteiger partial charge in [0.05, 0.1) is 26.1 Å². The molecule has 3 rings (SSSR count). The van der Waals surface area contributed by atoms with Crippen LogP contribution in [0, 0.1) is 10.1 Å². The number of nitrogens with zero attached hydrogens (tertiary/aromatic N) is 5. The quantitative estimate of drug-likeness (QED) is 0.442. The van der Waals surface area contributed by atoms with Crippen LogP contribution in [0.2, 0.25) is 10.0 Å². The molecule has 0 fully saturated rings. The Morgan fingerprint density at radius 1 is 1.41 bits per heavy atom. The fourth-order valence-electron chi connectivity index (χ4n) is 1.95. The highest BCUT2D eigenvalue weighted by Crippen LogP contribution is 2.45. The maximum Gasteiger partial charge on any atom is 0.294 e. The van der Waals surface area contributed by atoms with E-state index in [9.17, 15) is 14.9 Å². The van der Waals surface area contributed by atoms with Crippen LogP contribution in [0.4, 0.5) is 11.5 Å². The number of aromatic nitrogens is 4. The fraction of sp³-hybridized carbons (Fsp3) is 0.143. The predicted octanol–water partition coefficient (Wildman–Crippen LogP) is 4.37. The van der Waals surface area contributed by atoms with Crippen LogP contribution >= 0.6 is 46.3 Å². The number of nitrogens with one attached hydrogen (secondary N) is 1. The first-order chi connectivity index (χ1) is 12.9. The number of rotatable bonds is 6. The van der Waals surface area contributed by atoms with Gasteiger partial charge in [-0.15, -0.1) is 16.4 Å². The summed E-state index contributed by atoms with van der Waals surface area (Å²) < 4.78 is 1.82. The van der Waals surface area contributed by atoms with Gasteiger partial charge in [0.25, 0.3) is 11.6 Å². The minimum absolute atomic E-state index is 0.150. The number of carbonyl (C=O) groups excluding carboxylic acids is 1. The van der Waals surface area contributed by atoms with Crippen LogP contribution in [-0.4, -0.2) is 30.8 Å². The number of carbonyl (C=O) groups is 1. The first-order valence-electron chi connectivity index (χ1n) is 7.35. The van der Waals surface area contributed by atoms with Crippen molar-refractivity contribution in [3.63, 3.8) is 0 Å². The van der Waals surface area contributed by atoms with Gasteiger partial charge in [-0.2, -0.15) is 0 Å². The number of thiophene rings is 1. The molecule has 3 aromatic heterocycles. The molecule has 13 heteroatoms. The van der Waals surface area contributed by atoms with Gasteiger partial charge in [0, 0.05) is 25.0 Å². The number of nitro groups is 1. The normalized spacial score (nSPS) is 10.8. The minimum Gasteiger partial charge on any atom is -0.303 e. The Kier molecular flexibility index (Phi) is 5.95. The van der Waals surface area contributed by atoms with Crippen molar-refractivity contribution in [1.29, 1.82) is 0 Å². The van der Waals surface area contributed by atoms with E-state index in [1.165, 1.54) is 18.5 Å². The summed E-state index contributed by atoms with van der Waals surface area (Å²) >= 11 is 14.1. The molecular weight excluding hydrogens is 435 g/mol. The molecule has 140 valence electrons. The molecule has 0 saturated heterocycles. The Balaban J connectivity index is 1.88. The van der Waals surface area contributed by atoms with Gasteiger partial charge in [0.1, 0.15) is 9.09 Å². The zero-order chi connectivity index (χ0) is 19.6. The van der Waals surface area contributed by atoms with E-state index in [1.54, 1.807) is 10.9 Å². The van der Waals surface area contributed by atoms with Gasteiger partial charge in [-0.05, 0) is 6.92 Å². The number of halogens is 2. The molecule has 0 atom stereocenters. The second-order valence-corrected chi connectivity index (χ2v) is 8.13. The average molecular weight is 445 g/mol. The van der Waals surface area contributed by atoms with Crippen molar-refractivity contribution in [1.82, 2.24) is 20.0 Å². The molecule has 0 aliphatic heterocycles. The van der Waals surface area contributed by atoms with Crippen molar-refractivity contribution in [2.75, 3.05) is 5.32 Å². The van der Waals surface area contributed by atoms with E-state index in [-0.39, 0.29) is 30.6 Å². The highest BCUT2D eigenvalue weighted by molar-refractivity contribution is 8.01. The number of hydrogen-bond acceptors (Lipinski definition) is 8. The molecule has 0 aliphatic rings. The molecular formula is C14H10Cl2N6O3S2. The van der Waals surface area contributed by atoms with Crippen molar-refractivity contribution in [3.8, 4) is 0 Å². The van der Waals surface area contributed by atoms with Crippen molar-refractivity contribution in [2.24, 2.45) is 0 Å². The van der Waals surface area contributed by atoms with Crippen molar-refractivity contribution in [2.45, 2.75) is 22.6 Å². The van der Waals surface area contributed by atoms with Crippen LogP contribution in [0.15, 0.2) is 33.8 Å². The molecule has 3 heterocycles. The lowest BCUT2D eigenvalue weighted by Gasteiger charge is -2.03. The average Bonchev–Trinajstić information content (AvgIpc) is 3.25. The Bertz CT molecular complexity index is 1000. The van der Waals surface area contributed by atoms with E-state index in [0.717, 1.165) is 23.1 Å². The molecule has 27 heavy (non-hydrogen) atoms. The number of aryl methyl sites for hydroxylation is 1. The van der Waals surface area contributed by atoms with Crippen molar-refractivity contribution >= 4 is 63.7 Å². The summed E-state index contributed by atoms with van der Waals surface area (Å²) in [6.45, 7) is 2.48. The summed E-state index contributed by atoms with van der Waals surface area (Å²) in [4.78, 5) is 27.7. The topological polar surface area (TPSA) is 116 Å². The molecule has 0 saturated carbocycles. The van der Waals surface area contributed by atoms with Gasteiger partial charge < -0.3 is 5.32 Å². The minimum atomic E-state index is -0.564. The van der Waals surface area contributed by atoms with Crippen LogP contribution in [0.3, 0.4) is 0 Å². The Morgan fingerprint density at radius 3 is 2.70 bits per heavy atom. The fourth-order valence-corrected chi connectivity index (χ4v) is 4.71. The largest absolute Gasteiger partial charge is 0.303 e. The second-order valence-electron chi connectivity index (χ2n) is 4.99. The Morgan fingerprint density at radius 2 is 2.11 bits per heavy atom. The second kappa shape index (κ2) is 8.21. The van der Waals surface area contributed by atoms with E-state index < -0.39 is 10.8 Å². The van der Waals surface area contributed by atoms with Gasteiger partial charge in [-0.3, -0.25) is 24.6 Å². The molecule has 1 N–H and O–H groups in total. The molecule has 0 aliphatic carbocycles. The third-order valence-electron chi connectivity index (χ3n) is 3.21. The number of hydrogen-bond donors (Lipinski definition) is 1. The SMILES string of the molecule is CCn1cc(NC(=O)c2cc([N+](=O)[O-])c(Sc3c(Cl)cncc3Cl)s2)nn1. The summed E-state index contributed by atoms with van der Waals surface area (Å²) in [5.74, 6) is -0.266. The van der Waals surface area contributed by atoms with Gasteiger partial charge in [-0.25, -0.2) is 0 Å². The van der Waals surface area contributed by atoms with Gasteiger partial charge in [0.2, 0.25) is 0 Å². The molecule has 0 bridgehead atoms. The smallest absolute Gasteiger partial charge is 0.294 e. The summed E-state index contributed by atoms with van der Waals surface area (Å²) in [7, 11) is 0. The first kappa shape index (κ1) is 19.5. The zero-order valence-electron chi connectivity index (χ0n) is 13.5. The molecule has 0 unspecified atom stereocenters. The number of amides is 1. The summed E-state index contributed by atoms with van der Waals surface area (Å²) in [6, 6.07) is 1.20. The van der Waals surface area contributed by atoms with Crippen LogP contribution < -0.4 is 5.32 Å². The number of anilines is 1. The lowest BCUT2D eigenvalue weighted by atomic mass is 10.4. The summed E-state index contributed by atoms with van der Waals surface area (Å²) in [5.41, 5.74) is -0.212. The van der Waals surface area contributed by atoms with Gasteiger partial charge in [-0.1, -0.05) is 40.2 Å².